The lowest BCUT2D eigenvalue weighted by atomic mass is 10.2. The minimum atomic E-state index is -0.402. The molecule has 1 aliphatic heterocycles. The quantitative estimate of drug-likeness (QED) is 0.716. The summed E-state index contributed by atoms with van der Waals surface area (Å²) in [6.07, 6.45) is 0.330. The molecule has 0 bridgehead atoms. The molecule has 1 heterocycles. The summed E-state index contributed by atoms with van der Waals surface area (Å²) in [5.41, 5.74) is 3.23. The molecule has 148 valence electrons. The number of esters is 1. The topological polar surface area (TPSA) is 79.9 Å². The first-order valence-corrected chi connectivity index (χ1v) is 9.31. The van der Waals surface area contributed by atoms with Gasteiger partial charge in [-0.2, -0.15) is 0 Å². The van der Waals surface area contributed by atoms with Crippen LogP contribution in [0.4, 0.5) is 17.1 Å². The summed E-state index contributed by atoms with van der Waals surface area (Å²) < 4.78 is 10.1. The lowest BCUT2D eigenvalue weighted by Gasteiger charge is -2.30. The molecular weight excluding hydrogens is 358 g/mol. The Hall–Kier alpha value is -3.06. The average molecular weight is 383 g/mol. The molecule has 2 N–H and O–H groups in total. The largest absolute Gasteiger partial charge is 0.465 e. The molecule has 2 aromatic rings. The van der Waals surface area contributed by atoms with E-state index in [2.05, 4.69) is 26.3 Å². The summed E-state index contributed by atoms with van der Waals surface area (Å²) >= 11 is 0. The van der Waals surface area contributed by atoms with Gasteiger partial charge in [-0.25, -0.2) is 4.79 Å². The summed E-state index contributed by atoms with van der Waals surface area (Å²) in [4.78, 5) is 25.9. The van der Waals surface area contributed by atoms with E-state index in [-0.39, 0.29) is 5.91 Å². The van der Waals surface area contributed by atoms with Crippen LogP contribution >= 0.6 is 0 Å². The first kappa shape index (κ1) is 19.7. The van der Waals surface area contributed by atoms with Crippen LogP contribution in [0.2, 0.25) is 0 Å². The first-order valence-electron chi connectivity index (χ1n) is 9.31. The number of anilines is 3. The van der Waals surface area contributed by atoms with Gasteiger partial charge in [0.15, 0.2) is 0 Å². The summed E-state index contributed by atoms with van der Waals surface area (Å²) in [6, 6.07) is 14.7. The molecule has 0 aliphatic carbocycles. The fourth-order valence-corrected chi connectivity index (χ4v) is 3.04. The van der Waals surface area contributed by atoms with E-state index in [0.717, 1.165) is 37.7 Å². The second-order valence-corrected chi connectivity index (χ2v) is 6.41. The molecule has 0 unspecified atom stereocenters. The zero-order chi connectivity index (χ0) is 19.8. The number of morpholine rings is 1. The van der Waals surface area contributed by atoms with Crippen molar-refractivity contribution in [2.24, 2.45) is 0 Å². The van der Waals surface area contributed by atoms with E-state index in [1.165, 1.54) is 7.11 Å². The minimum Gasteiger partial charge on any atom is -0.465 e. The number of amides is 1. The molecule has 28 heavy (non-hydrogen) atoms. The molecule has 0 atom stereocenters. The van der Waals surface area contributed by atoms with E-state index in [4.69, 9.17) is 4.74 Å². The number of hydrogen-bond acceptors (Lipinski definition) is 6. The van der Waals surface area contributed by atoms with Crippen molar-refractivity contribution >= 4 is 28.9 Å². The minimum absolute atomic E-state index is 0.0952. The molecule has 7 nitrogen and oxygen atoms in total. The Labute approximate surface area is 164 Å². The predicted octanol–water partition coefficient (Wildman–Crippen LogP) is 2.75. The van der Waals surface area contributed by atoms with E-state index >= 15 is 0 Å². The zero-order valence-corrected chi connectivity index (χ0v) is 15.9. The van der Waals surface area contributed by atoms with E-state index in [1.54, 1.807) is 24.3 Å². The van der Waals surface area contributed by atoms with Crippen LogP contribution in [0.15, 0.2) is 48.5 Å². The van der Waals surface area contributed by atoms with Gasteiger partial charge in [0.05, 0.1) is 37.3 Å². The van der Waals surface area contributed by atoms with Gasteiger partial charge in [0, 0.05) is 31.7 Å². The lowest BCUT2D eigenvalue weighted by molar-refractivity contribution is -0.115. The molecule has 0 aromatic heterocycles. The van der Waals surface area contributed by atoms with E-state index in [1.807, 2.05) is 18.2 Å². The molecule has 1 aliphatic rings. The third-order valence-electron chi connectivity index (χ3n) is 4.51. The Balaban J connectivity index is 1.50. The van der Waals surface area contributed by atoms with Crippen LogP contribution in [0.5, 0.6) is 0 Å². The number of nitrogens with zero attached hydrogens (tertiary/aromatic N) is 1. The Morgan fingerprint density at radius 2 is 1.79 bits per heavy atom. The van der Waals surface area contributed by atoms with Crippen molar-refractivity contribution in [3.63, 3.8) is 0 Å². The molecule has 0 radical (unpaired) electrons. The highest BCUT2D eigenvalue weighted by molar-refractivity contribution is 5.93. The normalized spacial score (nSPS) is 13.7. The number of ether oxygens (including phenoxy) is 2. The van der Waals surface area contributed by atoms with E-state index in [9.17, 15) is 9.59 Å². The van der Waals surface area contributed by atoms with Gasteiger partial charge in [-0.3, -0.25) is 4.79 Å². The van der Waals surface area contributed by atoms with Crippen molar-refractivity contribution in [3.05, 3.63) is 54.1 Å². The SMILES string of the molecule is COC(=O)c1ccc(NC(=O)CCNc2ccccc2N2CCOCC2)cc1. The van der Waals surface area contributed by atoms with E-state index < -0.39 is 5.97 Å². The number of carbonyl (C=O) groups excluding carboxylic acids is 2. The van der Waals surface area contributed by atoms with Gasteiger partial charge in [-0.15, -0.1) is 0 Å². The average Bonchev–Trinajstić information content (AvgIpc) is 2.74. The molecule has 3 rings (SSSR count). The Bertz CT molecular complexity index is 802. The number of para-hydroxylation sites is 2. The van der Waals surface area contributed by atoms with Gasteiger partial charge >= 0.3 is 5.97 Å². The molecular formula is C21H25N3O4. The van der Waals surface area contributed by atoms with Gasteiger partial charge in [0.2, 0.25) is 5.91 Å². The predicted molar refractivity (Wildman–Crippen MR) is 109 cm³/mol. The van der Waals surface area contributed by atoms with Gasteiger partial charge in [-0.1, -0.05) is 12.1 Å². The number of nitrogens with one attached hydrogen (secondary N) is 2. The first-order chi connectivity index (χ1) is 13.7. The zero-order valence-electron chi connectivity index (χ0n) is 15.9. The Morgan fingerprint density at radius 3 is 2.50 bits per heavy atom. The highest BCUT2D eigenvalue weighted by Gasteiger charge is 2.14. The van der Waals surface area contributed by atoms with Crippen LogP contribution in [-0.4, -0.2) is 51.8 Å². The van der Waals surface area contributed by atoms with Crippen molar-refractivity contribution in [1.29, 1.82) is 0 Å². The molecule has 1 amide bonds. The summed E-state index contributed by atoms with van der Waals surface area (Å²) in [5, 5.41) is 6.19. The highest BCUT2D eigenvalue weighted by atomic mass is 16.5. The third-order valence-corrected chi connectivity index (χ3v) is 4.51. The monoisotopic (exact) mass is 383 g/mol. The molecule has 1 fully saturated rings. The molecule has 2 aromatic carbocycles. The van der Waals surface area contributed by atoms with Gasteiger partial charge in [0.1, 0.15) is 0 Å². The third kappa shape index (κ3) is 5.23. The Kier molecular flexibility index (Phi) is 6.86. The second-order valence-electron chi connectivity index (χ2n) is 6.41. The van der Waals surface area contributed by atoms with Crippen LogP contribution in [0.3, 0.4) is 0 Å². The van der Waals surface area contributed by atoms with Crippen molar-refractivity contribution in [3.8, 4) is 0 Å². The fourth-order valence-electron chi connectivity index (χ4n) is 3.04. The number of carbonyl (C=O) groups is 2. The van der Waals surface area contributed by atoms with Gasteiger partial charge in [0.25, 0.3) is 0 Å². The standard InChI is InChI=1S/C21H25N3O4/c1-27-21(26)16-6-8-17(9-7-16)23-20(25)10-11-22-18-4-2-3-5-19(18)24-12-14-28-15-13-24/h2-9,22H,10-15H2,1H3,(H,23,25). The van der Waals surface area contributed by atoms with Crippen LogP contribution in [0.1, 0.15) is 16.8 Å². The van der Waals surface area contributed by atoms with Gasteiger partial charge < -0.3 is 25.0 Å². The van der Waals surface area contributed by atoms with Crippen molar-refractivity contribution in [2.75, 3.05) is 55.5 Å². The maximum atomic E-state index is 12.2. The van der Waals surface area contributed by atoms with Gasteiger partial charge in [-0.05, 0) is 36.4 Å². The summed E-state index contributed by atoms with van der Waals surface area (Å²) in [5.74, 6) is -0.497. The van der Waals surface area contributed by atoms with Crippen LogP contribution in [-0.2, 0) is 14.3 Å². The lowest BCUT2D eigenvalue weighted by Crippen LogP contribution is -2.36. The van der Waals surface area contributed by atoms with Crippen molar-refractivity contribution in [1.82, 2.24) is 0 Å². The maximum Gasteiger partial charge on any atom is 0.337 e. The molecule has 1 saturated heterocycles. The Morgan fingerprint density at radius 1 is 1.07 bits per heavy atom. The number of rotatable bonds is 7. The van der Waals surface area contributed by atoms with Crippen LogP contribution in [0.25, 0.3) is 0 Å². The number of hydrogen-bond donors (Lipinski definition) is 2. The summed E-state index contributed by atoms with van der Waals surface area (Å²) in [6.45, 7) is 3.70. The number of benzene rings is 2. The molecule has 0 saturated carbocycles. The van der Waals surface area contributed by atoms with Crippen molar-refractivity contribution in [2.45, 2.75) is 6.42 Å². The smallest absolute Gasteiger partial charge is 0.337 e. The second kappa shape index (κ2) is 9.75. The van der Waals surface area contributed by atoms with Crippen molar-refractivity contribution < 1.29 is 19.1 Å². The maximum absolute atomic E-state index is 12.2. The molecule has 0 spiro atoms. The number of methoxy groups -OCH3 is 1. The molecule has 7 heteroatoms. The highest BCUT2D eigenvalue weighted by Crippen LogP contribution is 2.26. The van der Waals surface area contributed by atoms with Crippen LogP contribution < -0.4 is 15.5 Å². The summed E-state index contributed by atoms with van der Waals surface area (Å²) in [7, 11) is 1.34. The van der Waals surface area contributed by atoms with Crippen LogP contribution in [0, 0.1) is 0 Å². The fraction of sp³-hybridized carbons (Fsp3) is 0.333. The van der Waals surface area contributed by atoms with E-state index in [0.29, 0.717) is 24.2 Å².